The lowest BCUT2D eigenvalue weighted by Gasteiger charge is -2.45. The summed E-state index contributed by atoms with van der Waals surface area (Å²) in [6.45, 7) is 0.439. The first-order valence-electron chi connectivity index (χ1n) is 11.6. The topological polar surface area (TPSA) is 108 Å². The van der Waals surface area contributed by atoms with Gasteiger partial charge in [0.15, 0.2) is 11.8 Å². The molecule has 1 aromatic carbocycles. The highest BCUT2D eigenvalue weighted by Gasteiger charge is 2.52. The van der Waals surface area contributed by atoms with Crippen molar-refractivity contribution in [3.05, 3.63) is 66.2 Å². The van der Waals surface area contributed by atoms with Crippen LogP contribution in [0.5, 0.6) is 11.6 Å². The second-order valence-corrected chi connectivity index (χ2v) is 8.77. The first-order valence-corrected chi connectivity index (χ1v) is 11.6. The van der Waals surface area contributed by atoms with Crippen molar-refractivity contribution in [2.24, 2.45) is 16.6 Å². The van der Waals surface area contributed by atoms with E-state index in [-0.39, 0.29) is 24.0 Å². The van der Waals surface area contributed by atoms with E-state index in [1.165, 1.54) is 42.4 Å². The van der Waals surface area contributed by atoms with E-state index < -0.39 is 17.3 Å². The Morgan fingerprint density at radius 2 is 2.03 bits per heavy atom. The minimum absolute atomic E-state index is 0.0241. The fraction of sp³-hybridized carbons (Fsp3) is 0.360. The van der Waals surface area contributed by atoms with Crippen LogP contribution >= 0.6 is 0 Å². The molecule has 3 aromatic rings. The number of hydrogen-bond donors (Lipinski definition) is 1. The number of hydrogen-bond acceptors (Lipinski definition) is 7. The smallest absolute Gasteiger partial charge is 0.235 e. The molecule has 1 saturated carbocycles. The Morgan fingerprint density at radius 1 is 1.20 bits per heavy atom. The number of carbonyl (C=O) groups is 1. The summed E-state index contributed by atoms with van der Waals surface area (Å²) in [5.41, 5.74) is 4.95. The average Bonchev–Trinajstić information content (AvgIpc) is 3.66. The zero-order valence-electron chi connectivity index (χ0n) is 19.4. The van der Waals surface area contributed by atoms with Crippen LogP contribution in [-0.4, -0.2) is 51.8 Å². The molecule has 3 aliphatic rings. The van der Waals surface area contributed by atoms with Crippen LogP contribution in [0.3, 0.4) is 0 Å². The zero-order valence-corrected chi connectivity index (χ0v) is 19.4. The number of rotatable bonds is 4. The normalized spacial score (nSPS) is 23.0. The van der Waals surface area contributed by atoms with Crippen molar-refractivity contribution in [1.82, 2.24) is 19.7 Å². The number of amides is 1. The summed E-state index contributed by atoms with van der Waals surface area (Å²) in [6, 6.07) is 11.4. The summed E-state index contributed by atoms with van der Waals surface area (Å²) in [5.74, 6) is -0.0412. The molecule has 0 bridgehead atoms. The third-order valence-corrected chi connectivity index (χ3v) is 6.16. The van der Waals surface area contributed by atoms with Crippen molar-refractivity contribution in [2.45, 2.75) is 31.2 Å². The molecule has 1 saturated heterocycles. The van der Waals surface area contributed by atoms with Gasteiger partial charge in [-0.25, -0.2) is 14.1 Å². The molecule has 35 heavy (non-hydrogen) atoms. The molecule has 182 valence electrons. The second kappa shape index (κ2) is 9.46. The lowest BCUT2D eigenvalue weighted by Crippen LogP contribution is -2.58. The van der Waals surface area contributed by atoms with Gasteiger partial charge in [0, 0.05) is 37.7 Å². The van der Waals surface area contributed by atoms with Crippen LogP contribution in [0.25, 0.3) is 5.82 Å². The second-order valence-electron chi connectivity index (χ2n) is 8.77. The largest absolute Gasteiger partial charge is 0.439 e. The van der Waals surface area contributed by atoms with Gasteiger partial charge in [-0.2, -0.15) is 10.1 Å². The number of guanidine groups is 1. The average molecular weight is 479 g/mol. The van der Waals surface area contributed by atoms with Gasteiger partial charge in [-0.15, -0.1) is 0 Å². The third kappa shape index (κ3) is 4.61. The molecule has 9 nitrogen and oxygen atoms in total. The van der Waals surface area contributed by atoms with Crippen LogP contribution in [0.15, 0.2) is 59.9 Å². The molecule has 2 aromatic heterocycles. The maximum atomic E-state index is 15.1. The van der Waals surface area contributed by atoms with Gasteiger partial charge in [0.05, 0.1) is 12.5 Å². The molecular formula is C25H27FN6O3. The van der Waals surface area contributed by atoms with E-state index in [1.807, 2.05) is 0 Å². The summed E-state index contributed by atoms with van der Waals surface area (Å²) in [4.78, 5) is 23.2. The summed E-state index contributed by atoms with van der Waals surface area (Å²) < 4.78 is 28.2. The number of ether oxygens (including phenoxy) is 2. The molecule has 4 heterocycles. The first-order chi connectivity index (χ1) is 17.0. The van der Waals surface area contributed by atoms with Crippen molar-refractivity contribution in [1.29, 1.82) is 0 Å². The van der Waals surface area contributed by atoms with Gasteiger partial charge in [0.1, 0.15) is 17.1 Å². The Labute approximate surface area is 202 Å². The Balaban J connectivity index is 0.000000786. The molecule has 2 unspecified atom stereocenters. The number of aliphatic imine (C=N–C) groups is 1. The summed E-state index contributed by atoms with van der Waals surface area (Å²) in [7, 11) is 1.56. The lowest BCUT2D eigenvalue weighted by atomic mass is 9.74. The van der Waals surface area contributed by atoms with Crippen molar-refractivity contribution in [3.63, 3.8) is 0 Å². The number of nitrogens with zero attached hydrogens (tertiary/aromatic N) is 5. The van der Waals surface area contributed by atoms with E-state index in [0.29, 0.717) is 30.5 Å². The standard InChI is InChI=1S/C22H21FN6O3.C3H6/c1-28-20(30)15-8-11-31-13-22(15,27-21(28)24)16-12-14(6-7-17(16)23)32-19-5-2-4-18(26-19)29-10-3-9-25-29;1-2-3-1/h2-7,9-10,12,15H,8,11,13H2,1H3,(H2,24,27);1-3H2. The minimum Gasteiger partial charge on any atom is -0.439 e. The Hall–Kier alpha value is -3.79. The van der Waals surface area contributed by atoms with Gasteiger partial charge >= 0.3 is 0 Å². The van der Waals surface area contributed by atoms with Crippen molar-refractivity contribution < 1.29 is 18.7 Å². The molecule has 6 rings (SSSR count). The van der Waals surface area contributed by atoms with Crippen LogP contribution < -0.4 is 10.5 Å². The number of aromatic nitrogens is 3. The van der Waals surface area contributed by atoms with Gasteiger partial charge < -0.3 is 15.2 Å². The number of benzene rings is 1. The lowest BCUT2D eigenvalue weighted by molar-refractivity contribution is -0.140. The van der Waals surface area contributed by atoms with Gasteiger partial charge in [0.2, 0.25) is 11.8 Å². The quantitative estimate of drug-likeness (QED) is 0.616. The van der Waals surface area contributed by atoms with E-state index in [2.05, 4.69) is 15.1 Å². The monoisotopic (exact) mass is 478 g/mol. The van der Waals surface area contributed by atoms with Crippen molar-refractivity contribution in [2.75, 3.05) is 20.3 Å². The molecule has 2 N–H and O–H groups in total. The summed E-state index contributed by atoms with van der Waals surface area (Å²) in [5, 5.41) is 4.16. The Kier molecular flexibility index (Phi) is 6.21. The van der Waals surface area contributed by atoms with E-state index in [9.17, 15) is 4.79 Å². The molecule has 0 radical (unpaired) electrons. The fourth-order valence-electron chi connectivity index (χ4n) is 4.17. The van der Waals surface area contributed by atoms with Crippen LogP contribution in [-0.2, 0) is 15.1 Å². The molecule has 1 amide bonds. The van der Waals surface area contributed by atoms with E-state index in [4.69, 9.17) is 15.2 Å². The van der Waals surface area contributed by atoms with Crippen LogP contribution in [0, 0.1) is 11.7 Å². The molecule has 10 heteroatoms. The first kappa shape index (κ1) is 23.0. The number of fused-ring (bicyclic) bond motifs is 1. The van der Waals surface area contributed by atoms with E-state index >= 15 is 4.39 Å². The summed E-state index contributed by atoms with van der Waals surface area (Å²) >= 11 is 0. The SMILES string of the molecule is C1CC1.CN1C(=O)C2CCOCC2(c2cc(Oc3cccc(-n4cccn4)n3)ccc2F)N=C1N. The number of carbonyl (C=O) groups excluding carboxylic acids is 1. The van der Waals surface area contributed by atoms with Crippen LogP contribution in [0.4, 0.5) is 4.39 Å². The highest BCUT2D eigenvalue weighted by atomic mass is 19.1. The maximum absolute atomic E-state index is 15.1. The predicted octanol–water partition coefficient (Wildman–Crippen LogP) is 3.39. The Morgan fingerprint density at radius 3 is 2.77 bits per heavy atom. The Bertz CT molecular complexity index is 1240. The van der Waals surface area contributed by atoms with E-state index in [1.54, 1.807) is 48.4 Å². The number of nitrogens with two attached hydrogens (primary N) is 1. The zero-order chi connectivity index (χ0) is 24.4. The number of pyridine rings is 1. The molecule has 2 atom stereocenters. The van der Waals surface area contributed by atoms with Crippen molar-refractivity contribution >= 4 is 11.9 Å². The molecular weight excluding hydrogens is 451 g/mol. The molecule has 2 aliphatic heterocycles. The highest BCUT2D eigenvalue weighted by Crippen LogP contribution is 2.44. The van der Waals surface area contributed by atoms with E-state index in [0.717, 1.165) is 0 Å². The number of halogens is 1. The van der Waals surface area contributed by atoms with Gasteiger partial charge in [-0.3, -0.25) is 9.69 Å². The highest BCUT2D eigenvalue weighted by molar-refractivity contribution is 6.00. The summed E-state index contributed by atoms with van der Waals surface area (Å²) in [6.07, 6.45) is 8.33. The molecule has 1 aliphatic carbocycles. The third-order valence-electron chi connectivity index (χ3n) is 6.16. The van der Waals surface area contributed by atoms with Gasteiger partial charge in [-0.05, 0) is 36.8 Å². The fourth-order valence-corrected chi connectivity index (χ4v) is 4.17. The van der Waals surface area contributed by atoms with Crippen LogP contribution in [0.1, 0.15) is 31.2 Å². The van der Waals surface area contributed by atoms with Gasteiger partial charge in [0.25, 0.3) is 0 Å². The van der Waals surface area contributed by atoms with Crippen molar-refractivity contribution in [3.8, 4) is 17.4 Å². The minimum atomic E-state index is -1.25. The molecule has 2 fully saturated rings. The van der Waals surface area contributed by atoms with Crippen LogP contribution in [0.2, 0.25) is 0 Å². The maximum Gasteiger partial charge on any atom is 0.235 e. The predicted molar refractivity (Wildman–Crippen MR) is 127 cm³/mol. The molecule has 0 spiro atoms. The van der Waals surface area contributed by atoms with Gasteiger partial charge in [-0.1, -0.05) is 25.3 Å².